The van der Waals surface area contributed by atoms with E-state index >= 15 is 0 Å². The van der Waals surface area contributed by atoms with Gasteiger partial charge in [0.05, 0.1) is 6.10 Å². The SMILES string of the molecule is CC(C)=CCCC(C)=CCOc1ccc(C(O)CNC(=O)C=CS(C)(=O)=O)cc1. The number of allylic oxidation sites excluding steroid dienone is 3. The second-order valence-corrected chi connectivity index (χ2v) is 9.08. The van der Waals surface area contributed by atoms with Crippen LogP contribution < -0.4 is 10.1 Å². The summed E-state index contributed by atoms with van der Waals surface area (Å²) in [6, 6.07) is 6.97. The van der Waals surface area contributed by atoms with Gasteiger partial charge in [-0.1, -0.05) is 29.4 Å². The van der Waals surface area contributed by atoms with Crippen molar-refractivity contribution in [3.05, 3.63) is 64.6 Å². The highest BCUT2D eigenvalue weighted by Crippen LogP contribution is 2.18. The lowest BCUT2D eigenvalue weighted by molar-refractivity contribution is -0.116. The number of hydrogen-bond donors (Lipinski definition) is 2. The van der Waals surface area contributed by atoms with E-state index < -0.39 is 21.8 Å². The van der Waals surface area contributed by atoms with Crippen molar-refractivity contribution in [1.82, 2.24) is 5.32 Å². The Bertz CT molecular complexity index is 848. The fourth-order valence-electron chi connectivity index (χ4n) is 2.32. The normalized spacial score (nSPS) is 13.2. The van der Waals surface area contributed by atoms with Crippen LogP contribution in [-0.2, 0) is 14.6 Å². The first-order chi connectivity index (χ1) is 13.6. The Labute approximate surface area is 173 Å². The topological polar surface area (TPSA) is 92.7 Å². The van der Waals surface area contributed by atoms with Gasteiger partial charge in [0, 0.05) is 24.3 Å². The summed E-state index contributed by atoms with van der Waals surface area (Å²) in [6.45, 7) is 6.71. The van der Waals surface area contributed by atoms with Crippen LogP contribution in [0.3, 0.4) is 0 Å². The van der Waals surface area contributed by atoms with E-state index in [9.17, 15) is 18.3 Å². The monoisotopic (exact) mass is 421 g/mol. The summed E-state index contributed by atoms with van der Waals surface area (Å²) in [5.41, 5.74) is 3.22. The molecular weight excluding hydrogens is 390 g/mol. The highest BCUT2D eigenvalue weighted by atomic mass is 32.2. The lowest BCUT2D eigenvalue weighted by atomic mass is 10.1. The van der Waals surface area contributed by atoms with Crippen LogP contribution in [0.25, 0.3) is 0 Å². The van der Waals surface area contributed by atoms with E-state index in [0.29, 0.717) is 17.9 Å². The zero-order valence-corrected chi connectivity index (χ0v) is 18.3. The van der Waals surface area contributed by atoms with Crippen molar-refractivity contribution in [2.24, 2.45) is 0 Å². The van der Waals surface area contributed by atoms with Crippen molar-refractivity contribution in [3.8, 4) is 5.75 Å². The van der Waals surface area contributed by atoms with E-state index in [2.05, 4.69) is 38.2 Å². The minimum absolute atomic E-state index is 0.0270. The molecule has 0 fully saturated rings. The zero-order valence-electron chi connectivity index (χ0n) is 17.5. The largest absolute Gasteiger partial charge is 0.490 e. The summed E-state index contributed by atoms with van der Waals surface area (Å²) < 4.78 is 27.6. The first-order valence-corrected chi connectivity index (χ1v) is 11.4. The van der Waals surface area contributed by atoms with Crippen molar-refractivity contribution < 1.29 is 23.1 Å². The molecule has 7 heteroatoms. The van der Waals surface area contributed by atoms with E-state index in [1.54, 1.807) is 24.3 Å². The van der Waals surface area contributed by atoms with Gasteiger partial charge >= 0.3 is 0 Å². The molecule has 160 valence electrons. The van der Waals surface area contributed by atoms with E-state index in [1.807, 2.05) is 0 Å². The second kappa shape index (κ2) is 12.2. The number of aliphatic hydroxyl groups is 1. The molecule has 29 heavy (non-hydrogen) atoms. The average Bonchev–Trinajstić information content (AvgIpc) is 2.64. The molecule has 0 saturated heterocycles. The van der Waals surface area contributed by atoms with Crippen LogP contribution >= 0.6 is 0 Å². The Balaban J connectivity index is 2.45. The minimum atomic E-state index is -3.36. The van der Waals surface area contributed by atoms with Crippen LogP contribution in [0.2, 0.25) is 0 Å². The third-order valence-corrected chi connectivity index (χ3v) is 4.60. The number of nitrogens with one attached hydrogen (secondary N) is 1. The molecular formula is C22H31NO5S. The molecule has 1 rings (SSSR count). The lowest BCUT2D eigenvalue weighted by Gasteiger charge is -2.12. The van der Waals surface area contributed by atoms with Gasteiger partial charge in [0.2, 0.25) is 5.91 Å². The molecule has 2 N–H and O–H groups in total. The van der Waals surface area contributed by atoms with Crippen LogP contribution in [0.1, 0.15) is 45.3 Å². The van der Waals surface area contributed by atoms with E-state index in [4.69, 9.17) is 4.74 Å². The smallest absolute Gasteiger partial charge is 0.244 e. The third-order valence-electron chi connectivity index (χ3n) is 3.97. The molecule has 6 nitrogen and oxygen atoms in total. The molecule has 0 aliphatic rings. The predicted molar refractivity (Wildman–Crippen MR) is 116 cm³/mol. The number of benzene rings is 1. The number of sulfone groups is 1. The van der Waals surface area contributed by atoms with Gasteiger partial charge in [-0.15, -0.1) is 0 Å². The molecule has 0 heterocycles. The summed E-state index contributed by atoms with van der Waals surface area (Å²) in [5, 5.41) is 13.4. The van der Waals surface area contributed by atoms with Crippen LogP contribution in [0, 0.1) is 0 Å². The fraction of sp³-hybridized carbons (Fsp3) is 0.409. The number of rotatable bonds is 11. The van der Waals surface area contributed by atoms with Crippen molar-refractivity contribution in [2.45, 2.75) is 39.7 Å². The van der Waals surface area contributed by atoms with Crippen LogP contribution in [0.4, 0.5) is 0 Å². The molecule has 1 aromatic carbocycles. The van der Waals surface area contributed by atoms with Gasteiger partial charge in [0.25, 0.3) is 0 Å². The average molecular weight is 422 g/mol. The Kier molecular flexibility index (Phi) is 10.4. The maximum Gasteiger partial charge on any atom is 0.244 e. The van der Waals surface area contributed by atoms with Gasteiger partial charge in [-0.3, -0.25) is 4.79 Å². The molecule has 0 spiro atoms. The van der Waals surface area contributed by atoms with E-state index in [0.717, 1.165) is 30.6 Å². The number of carbonyl (C=O) groups excluding carboxylic acids is 1. The van der Waals surface area contributed by atoms with Gasteiger partial charge in [-0.05, 0) is 57.4 Å². The first-order valence-electron chi connectivity index (χ1n) is 9.42. The first kappa shape index (κ1) is 24.7. The molecule has 0 aliphatic carbocycles. The summed E-state index contributed by atoms with van der Waals surface area (Å²) >= 11 is 0. The Hall–Kier alpha value is -2.38. The summed E-state index contributed by atoms with van der Waals surface area (Å²) in [4.78, 5) is 11.5. The molecule has 0 aromatic heterocycles. The Morgan fingerprint density at radius 3 is 2.41 bits per heavy atom. The van der Waals surface area contributed by atoms with Gasteiger partial charge in [-0.25, -0.2) is 8.42 Å². The lowest BCUT2D eigenvalue weighted by Crippen LogP contribution is -2.26. The molecule has 1 amide bonds. The van der Waals surface area contributed by atoms with Gasteiger partial charge in [0.1, 0.15) is 12.4 Å². The number of ether oxygens (including phenoxy) is 1. The van der Waals surface area contributed by atoms with Crippen molar-refractivity contribution in [3.63, 3.8) is 0 Å². The Morgan fingerprint density at radius 1 is 1.17 bits per heavy atom. The third kappa shape index (κ3) is 11.9. The quantitative estimate of drug-likeness (QED) is 0.422. The van der Waals surface area contributed by atoms with Crippen molar-refractivity contribution in [2.75, 3.05) is 19.4 Å². The second-order valence-electron chi connectivity index (χ2n) is 7.14. The predicted octanol–water partition coefficient (Wildman–Crippen LogP) is 3.47. The molecule has 0 radical (unpaired) electrons. The molecule has 0 bridgehead atoms. The van der Waals surface area contributed by atoms with E-state index in [-0.39, 0.29) is 6.54 Å². The van der Waals surface area contributed by atoms with E-state index in [1.165, 1.54) is 11.1 Å². The number of aliphatic hydroxyl groups excluding tert-OH is 1. The Morgan fingerprint density at radius 2 is 1.83 bits per heavy atom. The number of carbonyl (C=O) groups is 1. The molecule has 0 saturated carbocycles. The molecule has 1 aromatic rings. The highest BCUT2D eigenvalue weighted by Gasteiger charge is 2.09. The van der Waals surface area contributed by atoms with Gasteiger partial charge in [0.15, 0.2) is 9.84 Å². The maximum atomic E-state index is 11.5. The fourth-order valence-corrected chi connectivity index (χ4v) is 2.69. The highest BCUT2D eigenvalue weighted by molar-refractivity contribution is 7.93. The summed E-state index contributed by atoms with van der Waals surface area (Å²) in [5.74, 6) is 0.107. The summed E-state index contributed by atoms with van der Waals surface area (Å²) in [7, 11) is -3.36. The number of hydrogen-bond acceptors (Lipinski definition) is 5. The maximum absolute atomic E-state index is 11.5. The standard InChI is InChI=1S/C22H31NO5S/c1-17(2)6-5-7-18(3)12-14-28-20-10-8-19(9-11-20)21(24)16-23-22(25)13-15-29(4,26)27/h6,8-13,15,21,24H,5,7,14,16H2,1-4H3,(H,23,25). The van der Waals surface area contributed by atoms with Crippen molar-refractivity contribution >= 4 is 15.7 Å². The van der Waals surface area contributed by atoms with Gasteiger partial charge in [-0.2, -0.15) is 0 Å². The summed E-state index contributed by atoms with van der Waals surface area (Å²) in [6.07, 6.45) is 7.32. The van der Waals surface area contributed by atoms with Crippen molar-refractivity contribution in [1.29, 1.82) is 0 Å². The molecule has 1 atom stereocenters. The zero-order chi connectivity index (χ0) is 21.9. The minimum Gasteiger partial charge on any atom is -0.490 e. The number of amides is 1. The van der Waals surface area contributed by atoms with Crippen LogP contribution in [0.15, 0.2) is 59.0 Å². The van der Waals surface area contributed by atoms with Crippen LogP contribution in [0.5, 0.6) is 5.75 Å². The molecule has 1 unspecified atom stereocenters. The van der Waals surface area contributed by atoms with Crippen LogP contribution in [-0.4, -0.2) is 38.8 Å². The van der Waals surface area contributed by atoms with Gasteiger partial charge < -0.3 is 15.2 Å². The molecule has 0 aliphatic heterocycles.